The molecule has 1 aromatic rings. The molecule has 0 bridgehead atoms. The van der Waals surface area contributed by atoms with Crippen molar-refractivity contribution in [2.75, 3.05) is 11.4 Å². The van der Waals surface area contributed by atoms with Crippen molar-refractivity contribution in [3.05, 3.63) is 66.3 Å². The molecule has 1 unspecified atom stereocenters. The van der Waals surface area contributed by atoms with Crippen LogP contribution in [0, 0.1) is 17.8 Å². The van der Waals surface area contributed by atoms with Crippen molar-refractivity contribution in [1.29, 1.82) is 0 Å². The van der Waals surface area contributed by atoms with Crippen molar-refractivity contribution in [1.82, 2.24) is 5.32 Å². The number of rotatable bonds is 6. The molecule has 5 heteroatoms. The van der Waals surface area contributed by atoms with Gasteiger partial charge in [-0.25, -0.2) is 0 Å². The summed E-state index contributed by atoms with van der Waals surface area (Å²) in [6.07, 6.45) is 8.35. The van der Waals surface area contributed by atoms with E-state index in [0.717, 1.165) is 11.3 Å². The average Bonchev–Trinajstić information content (AvgIpc) is 2.72. The molecule has 0 aromatic heterocycles. The molecule has 162 valence electrons. The van der Waals surface area contributed by atoms with Crippen molar-refractivity contribution in [3.63, 3.8) is 0 Å². The van der Waals surface area contributed by atoms with Gasteiger partial charge in [0.2, 0.25) is 11.8 Å². The first-order chi connectivity index (χ1) is 14.8. The van der Waals surface area contributed by atoms with E-state index in [1.54, 1.807) is 4.90 Å². The Bertz CT molecular complexity index is 960. The summed E-state index contributed by atoms with van der Waals surface area (Å²) in [5, 5.41) is 2.74. The molecule has 2 amide bonds. The third-order valence-electron chi connectivity index (χ3n) is 4.90. The molecule has 0 fully saturated rings. The van der Waals surface area contributed by atoms with Crippen LogP contribution in [-0.2, 0) is 14.4 Å². The quantitative estimate of drug-likeness (QED) is 0.712. The van der Waals surface area contributed by atoms with E-state index in [9.17, 15) is 14.4 Å². The molecule has 1 atom stereocenters. The molecule has 0 saturated heterocycles. The number of hydrogen-bond acceptors (Lipinski definition) is 3. The number of fused-ring (bicyclic) bond motifs is 1. The molecule has 1 aliphatic heterocycles. The molecule has 0 saturated carbocycles. The number of hydrogen-bond donors (Lipinski definition) is 1. The second-order valence-electron chi connectivity index (χ2n) is 7.81. The first kappa shape index (κ1) is 23.9. The van der Waals surface area contributed by atoms with E-state index < -0.39 is 6.04 Å². The van der Waals surface area contributed by atoms with Crippen LogP contribution in [-0.4, -0.2) is 30.2 Å². The number of ketones is 1. The predicted octanol–water partition coefficient (Wildman–Crippen LogP) is 3.95. The Labute approximate surface area is 184 Å². The van der Waals surface area contributed by atoms with Crippen molar-refractivity contribution < 1.29 is 14.4 Å². The van der Waals surface area contributed by atoms with Gasteiger partial charge in [0, 0.05) is 30.5 Å². The summed E-state index contributed by atoms with van der Waals surface area (Å²) >= 11 is 0. The van der Waals surface area contributed by atoms with E-state index >= 15 is 0 Å². The van der Waals surface area contributed by atoms with Gasteiger partial charge >= 0.3 is 0 Å². The summed E-state index contributed by atoms with van der Waals surface area (Å²) in [6.45, 7) is 9.62. The van der Waals surface area contributed by atoms with Crippen LogP contribution in [0.25, 0.3) is 0 Å². The molecule has 31 heavy (non-hydrogen) atoms. The molecule has 1 aromatic carbocycles. The fourth-order valence-corrected chi connectivity index (χ4v) is 3.27. The minimum Gasteiger partial charge on any atom is -0.346 e. The summed E-state index contributed by atoms with van der Waals surface area (Å²) in [6, 6.07) is 6.94. The number of amides is 2. The van der Waals surface area contributed by atoms with Crippen LogP contribution in [0.1, 0.15) is 45.6 Å². The third-order valence-corrected chi connectivity index (χ3v) is 4.90. The van der Waals surface area contributed by atoms with Crippen molar-refractivity contribution in [2.45, 2.75) is 46.1 Å². The Morgan fingerprint density at radius 2 is 1.87 bits per heavy atom. The molecule has 1 aliphatic rings. The lowest BCUT2D eigenvalue weighted by Crippen LogP contribution is -2.43. The summed E-state index contributed by atoms with van der Waals surface area (Å²) in [4.78, 5) is 38.8. The minimum atomic E-state index is -0.536. The second kappa shape index (κ2) is 11.7. The second-order valence-corrected chi connectivity index (χ2v) is 7.81. The molecule has 2 rings (SSSR count). The number of benzene rings is 1. The SMILES string of the molecule is C=C1C#Cc2ccccc2N(C(=O)CCC(=O)NC(C(C)=O)C(C)C)CC/C=C\C=C1. The monoisotopic (exact) mass is 418 g/mol. The third kappa shape index (κ3) is 7.42. The smallest absolute Gasteiger partial charge is 0.227 e. The van der Waals surface area contributed by atoms with E-state index in [2.05, 4.69) is 23.7 Å². The highest BCUT2D eigenvalue weighted by atomic mass is 16.2. The standard InChI is InChI=1S/C26H30N2O3/c1-19(2)26(21(4)29)27-24(30)16-17-25(31)28-18-10-6-5-7-11-20(3)14-15-22-12-8-9-13-23(22)28/h5-9,11-13,19,26H,3,10,16-18H2,1-2,4H3,(H,27,30)/b6-5-,11-7?. The molecule has 0 aliphatic carbocycles. The van der Waals surface area contributed by atoms with Gasteiger partial charge in [-0.3, -0.25) is 14.4 Å². The van der Waals surface area contributed by atoms with Crippen LogP contribution in [0.2, 0.25) is 0 Å². The largest absolute Gasteiger partial charge is 0.346 e. The van der Waals surface area contributed by atoms with Gasteiger partial charge in [0.05, 0.1) is 11.7 Å². The molecule has 0 spiro atoms. The molecule has 0 radical (unpaired) electrons. The Kier molecular flexibility index (Phi) is 9.02. The van der Waals surface area contributed by atoms with Gasteiger partial charge in [-0.05, 0) is 37.5 Å². The molecule has 1 N–H and O–H groups in total. The van der Waals surface area contributed by atoms with E-state index in [0.29, 0.717) is 18.5 Å². The number of nitrogens with one attached hydrogen (secondary N) is 1. The average molecular weight is 419 g/mol. The number of Topliss-reactive ketones (excluding diaryl/α,β-unsaturated/α-hetero) is 1. The number of carbonyl (C=O) groups excluding carboxylic acids is 3. The van der Waals surface area contributed by atoms with Crippen molar-refractivity contribution >= 4 is 23.3 Å². The number of para-hydroxylation sites is 1. The van der Waals surface area contributed by atoms with Crippen LogP contribution < -0.4 is 10.2 Å². The normalized spacial score (nSPS) is 15.6. The zero-order valence-electron chi connectivity index (χ0n) is 18.5. The minimum absolute atomic E-state index is 0.00625. The summed E-state index contributed by atoms with van der Waals surface area (Å²) in [5.41, 5.74) is 2.13. The van der Waals surface area contributed by atoms with E-state index in [4.69, 9.17) is 0 Å². The van der Waals surface area contributed by atoms with Crippen LogP contribution in [0.15, 0.2) is 60.7 Å². The lowest BCUT2D eigenvalue weighted by molar-refractivity contribution is -0.129. The number of allylic oxidation sites excluding steroid dienone is 4. The predicted molar refractivity (Wildman–Crippen MR) is 124 cm³/mol. The summed E-state index contributed by atoms with van der Waals surface area (Å²) in [5.74, 6) is 5.55. The van der Waals surface area contributed by atoms with E-state index in [-0.39, 0.29) is 36.4 Å². The maximum Gasteiger partial charge on any atom is 0.227 e. The highest BCUT2D eigenvalue weighted by molar-refractivity contribution is 5.97. The maximum absolute atomic E-state index is 13.1. The lowest BCUT2D eigenvalue weighted by atomic mass is 10.0. The number of anilines is 1. The van der Waals surface area contributed by atoms with Crippen LogP contribution >= 0.6 is 0 Å². The fourth-order valence-electron chi connectivity index (χ4n) is 3.27. The zero-order chi connectivity index (χ0) is 22.8. The van der Waals surface area contributed by atoms with E-state index in [1.807, 2.05) is 62.4 Å². The van der Waals surface area contributed by atoms with Crippen molar-refractivity contribution in [2.24, 2.45) is 5.92 Å². The number of nitrogens with zero attached hydrogens (tertiary/aromatic N) is 1. The van der Waals surface area contributed by atoms with Crippen LogP contribution in [0.4, 0.5) is 5.69 Å². The highest BCUT2D eigenvalue weighted by Crippen LogP contribution is 2.22. The molecule has 5 nitrogen and oxygen atoms in total. The Hall–Kier alpha value is -3.39. The molecular formula is C26H30N2O3. The van der Waals surface area contributed by atoms with Gasteiger partial charge in [-0.2, -0.15) is 0 Å². The van der Waals surface area contributed by atoms with Crippen LogP contribution in [0.5, 0.6) is 0 Å². The maximum atomic E-state index is 13.1. The summed E-state index contributed by atoms with van der Waals surface area (Å²) in [7, 11) is 0. The zero-order valence-corrected chi connectivity index (χ0v) is 18.5. The van der Waals surface area contributed by atoms with Crippen LogP contribution in [0.3, 0.4) is 0 Å². The van der Waals surface area contributed by atoms with Gasteiger partial charge in [0.25, 0.3) is 0 Å². The fraction of sp³-hybridized carbons (Fsp3) is 0.346. The number of carbonyl (C=O) groups is 3. The van der Waals surface area contributed by atoms with Gasteiger partial charge < -0.3 is 10.2 Å². The Balaban J connectivity index is 2.18. The molecule has 1 heterocycles. The Morgan fingerprint density at radius 3 is 2.58 bits per heavy atom. The summed E-state index contributed by atoms with van der Waals surface area (Å²) < 4.78 is 0. The highest BCUT2D eigenvalue weighted by Gasteiger charge is 2.22. The first-order valence-electron chi connectivity index (χ1n) is 10.5. The van der Waals surface area contributed by atoms with Gasteiger partial charge in [-0.15, -0.1) is 0 Å². The first-order valence-corrected chi connectivity index (χ1v) is 10.5. The molecular weight excluding hydrogens is 388 g/mol. The topological polar surface area (TPSA) is 66.5 Å². The van der Waals surface area contributed by atoms with Gasteiger partial charge in [0.15, 0.2) is 5.78 Å². The van der Waals surface area contributed by atoms with Gasteiger partial charge in [0.1, 0.15) is 0 Å². The Morgan fingerprint density at radius 1 is 1.13 bits per heavy atom. The lowest BCUT2D eigenvalue weighted by Gasteiger charge is -2.24. The van der Waals surface area contributed by atoms with Crippen molar-refractivity contribution in [3.8, 4) is 11.8 Å². The van der Waals surface area contributed by atoms with E-state index in [1.165, 1.54) is 6.92 Å². The van der Waals surface area contributed by atoms with Gasteiger partial charge in [-0.1, -0.05) is 62.6 Å².